The monoisotopic (exact) mass is 355 g/mol. The second-order valence-electron chi connectivity index (χ2n) is 0.756. The Hall–Kier alpha value is 1.08. The maximum atomic E-state index is 8.58. The third-order valence-electron chi connectivity index (χ3n) is 0. The number of rotatable bonds is 0. The quantitative estimate of drug-likeness (QED) is 0.389. The van der Waals surface area contributed by atoms with Crippen LogP contribution < -0.4 is 16.8 Å². The third-order valence-corrected chi connectivity index (χ3v) is 0. The standard InChI is InChI=1S/Co.2Mn.Ni.8O/q+2;;;+2;;;;;4*-1. The van der Waals surface area contributed by atoms with Crippen molar-refractivity contribution in [1.82, 2.24) is 0 Å². The molecule has 0 spiro atoms. The Morgan fingerprint density at radius 2 is 0.667 bits per heavy atom. The van der Waals surface area contributed by atoms with E-state index in [9.17, 15) is 0 Å². The zero-order chi connectivity index (χ0) is 9.00. The molecule has 0 heterocycles. The second-order valence-corrected chi connectivity index (χ2v) is 3.12. The van der Waals surface area contributed by atoms with Gasteiger partial charge in [-0.2, -0.15) is 0 Å². The summed E-state index contributed by atoms with van der Waals surface area (Å²) in [5, 5.41) is 0. The first-order chi connectivity index (χ1) is 4.00. The molecule has 0 N–H and O–H groups in total. The molecule has 0 aromatic rings. The van der Waals surface area contributed by atoms with Crippen molar-refractivity contribution in [3.05, 3.63) is 0 Å². The van der Waals surface area contributed by atoms with Crippen molar-refractivity contribution in [2.24, 2.45) is 0 Å². The first-order valence-corrected chi connectivity index (χ1v) is 5.09. The van der Waals surface area contributed by atoms with Gasteiger partial charge in [0.05, 0.1) is 0 Å². The Kier molecular flexibility index (Phi) is 16.7. The minimum atomic E-state index is -5.62. The average molecular weight is 355 g/mol. The fourth-order valence-corrected chi connectivity index (χ4v) is 0. The van der Waals surface area contributed by atoms with Crippen molar-refractivity contribution >= 4 is 0 Å². The van der Waals surface area contributed by atoms with Gasteiger partial charge in [-0.25, -0.2) is 0 Å². The molecule has 0 amide bonds. The molecule has 0 saturated heterocycles. The van der Waals surface area contributed by atoms with E-state index >= 15 is 0 Å². The Balaban J connectivity index is -0.0000000457. The summed E-state index contributed by atoms with van der Waals surface area (Å²) < 4.78 is 68.6. The van der Waals surface area contributed by atoms with Gasteiger partial charge < -0.3 is 0 Å². The Morgan fingerprint density at radius 3 is 0.667 bits per heavy atom. The predicted octanol–water partition coefficient (Wildman–Crippen LogP) is -5.24. The number of hydrogen-bond donors (Lipinski definition) is 0. The summed E-state index contributed by atoms with van der Waals surface area (Å²) in [7, 11) is 0. The van der Waals surface area contributed by atoms with Crippen LogP contribution in [-0.2, 0) is 75.3 Å². The van der Waals surface area contributed by atoms with Crippen LogP contribution in [0.2, 0.25) is 0 Å². The van der Waals surface area contributed by atoms with Gasteiger partial charge in [-0.05, 0) is 0 Å². The summed E-state index contributed by atoms with van der Waals surface area (Å²) in [4.78, 5) is 0. The van der Waals surface area contributed by atoms with Crippen LogP contribution in [0.4, 0.5) is 0 Å². The number of hydrogen-bond acceptors (Lipinski definition) is 8. The van der Waals surface area contributed by atoms with Crippen LogP contribution >= 0.6 is 0 Å². The first-order valence-electron chi connectivity index (χ1n) is 1.23. The predicted molar refractivity (Wildman–Crippen MR) is 2.75 cm³/mol. The van der Waals surface area contributed by atoms with Crippen LogP contribution in [0.3, 0.4) is 0 Å². The molecular weight excluding hydrogens is 355 g/mol. The fourth-order valence-electron chi connectivity index (χ4n) is 0. The molecule has 0 rings (SSSR count). The molecule has 12 heavy (non-hydrogen) atoms. The van der Waals surface area contributed by atoms with Gasteiger partial charge in [-0.15, -0.1) is 0 Å². The van der Waals surface area contributed by atoms with Crippen LogP contribution in [0, 0.1) is 0 Å². The van der Waals surface area contributed by atoms with Gasteiger partial charge in [0.1, 0.15) is 0 Å². The normalized spacial score (nSPS) is 9.67. The Morgan fingerprint density at radius 1 is 0.667 bits per heavy atom. The summed E-state index contributed by atoms with van der Waals surface area (Å²) in [6.45, 7) is 0. The van der Waals surface area contributed by atoms with Gasteiger partial charge in [-0.1, -0.05) is 0 Å². The summed E-state index contributed by atoms with van der Waals surface area (Å²) >= 11 is -11.2. The molecule has 0 unspecified atom stereocenters. The maximum absolute atomic E-state index is 8.58. The second kappa shape index (κ2) is 8.67. The Labute approximate surface area is 91.7 Å². The molecule has 0 fully saturated rings. The molecule has 0 aromatic heterocycles. The molecule has 0 aliphatic rings. The van der Waals surface area contributed by atoms with Crippen molar-refractivity contribution in [3.63, 3.8) is 0 Å². The third kappa shape index (κ3) is 967. The van der Waals surface area contributed by atoms with E-state index in [-0.39, 0.29) is 33.3 Å². The molecule has 0 saturated carbocycles. The molecule has 0 atom stereocenters. The van der Waals surface area contributed by atoms with Crippen molar-refractivity contribution < 1.29 is 92.1 Å². The molecule has 12 heteroatoms. The SMILES string of the molecule is [Co+2].[Ni+2].[O]=[Mn](=[O])([O-])[O-].[O]=[Mn](=[O])([O-])[O-]. The van der Waals surface area contributed by atoms with Crippen molar-refractivity contribution in [1.29, 1.82) is 0 Å². The van der Waals surface area contributed by atoms with Gasteiger partial charge in [0.2, 0.25) is 0 Å². The van der Waals surface area contributed by atoms with Crippen molar-refractivity contribution in [2.45, 2.75) is 0 Å². The van der Waals surface area contributed by atoms with Gasteiger partial charge in [0, 0.05) is 0 Å². The molecule has 1 radical (unpaired) electrons. The topological polar surface area (TPSA) is 161 Å². The van der Waals surface area contributed by atoms with E-state index in [4.69, 9.17) is 32.1 Å². The molecule has 0 aliphatic heterocycles. The molecule has 0 aliphatic carbocycles. The first kappa shape index (κ1) is 23.2. The van der Waals surface area contributed by atoms with Crippen molar-refractivity contribution in [3.8, 4) is 0 Å². The summed E-state index contributed by atoms with van der Waals surface area (Å²) in [5.41, 5.74) is 0. The van der Waals surface area contributed by atoms with E-state index in [1.54, 1.807) is 0 Å². The molecular formula is CoMn2NiO8. The molecule has 81 valence electrons. The van der Waals surface area contributed by atoms with Gasteiger partial charge in [-0.3, -0.25) is 0 Å². The van der Waals surface area contributed by atoms with Crippen LogP contribution in [0.25, 0.3) is 0 Å². The molecule has 8 nitrogen and oxygen atoms in total. The van der Waals surface area contributed by atoms with Crippen LogP contribution in [0.5, 0.6) is 0 Å². The van der Waals surface area contributed by atoms with Crippen molar-refractivity contribution in [2.75, 3.05) is 0 Å². The molecule has 0 aromatic carbocycles. The van der Waals surface area contributed by atoms with E-state index in [1.165, 1.54) is 0 Å². The van der Waals surface area contributed by atoms with E-state index in [2.05, 4.69) is 0 Å². The average Bonchev–Trinajstić information content (AvgIpc) is 1.12. The van der Waals surface area contributed by atoms with Crippen LogP contribution in [0.15, 0.2) is 0 Å². The Bertz CT molecular complexity index is 213. The summed E-state index contributed by atoms with van der Waals surface area (Å²) in [6, 6.07) is 0. The van der Waals surface area contributed by atoms with Crippen LogP contribution in [0.1, 0.15) is 0 Å². The van der Waals surface area contributed by atoms with Crippen LogP contribution in [-0.4, -0.2) is 0 Å². The van der Waals surface area contributed by atoms with E-state index < -0.39 is 26.7 Å². The zero-order valence-electron chi connectivity index (χ0n) is 4.67. The zero-order valence-corrected chi connectivity index (χ0v) is 9.06. The fraction of sp³-hybridized carbons (Fsp3) is 0. The van der Waals surface area contributed by atoms with E-state index in [0.717, 1.165) is 0 Å². The summed E-state index contributed by atoms with van der Waals surface area (Å²) in [5.74, 6) is 0. The van der Waals surface area contributed by atoms with E-state index in [0.29, 0.717) is 0 Å². The summed E-state index contributed by atoms with van der Waals surface area (Å²) in [6.07, 6.45) is 0. The molecule has 0 bridgehead atoms. The van der Waals surface area contributed by atoms with Gasteiger partial charge in [0.15, 0.2) is 0 Å². The van der Waals surface area contributed by atoms with E-state index in [1.807, 2.05) is 0 Å². The van der Waals surface area contributed by atoms with Gasteiger partial charge in [0.25, 0.3) is 0 Å². The van der Waals surface area contributed by atoms with Gasteiger partial charge >= 0.3 is 92.1 Å². The minimum absolute atomic E-state index is 0.